The van der Waals surface area contributed by atoms with Crippen LogP contribution in [0.1, 0.15) is 42.1 Å². The second-order valence-corrected chi connectivity index (χ2v) is 5.45. The Kier molecular flexibility index (Phi) is 6.83. The van der Waals surface area contributed by atoms with E-state index in [1.54, 1.807) is 30.5 Å². The monoisotopic (exact) mass is 325 g/mol. The van der Waals surface area contributed by atoms with Gasteiger partial charge in [0.2, 0.25) is 0 Å². The van der Waals surface area contributed by atoms with Gasteiger partial charge in [0, 0.05) is 11.3 Å². The Bertz CT molecular complexity index is 681. The summed E-state index contributed by atoms with van der Waals surface area (Å²) in [6.07, 6.45) is 5.01. The van der Waals surface area contributed by atoms with Gasteiger partial charge in [0.15, 0.2) is 0 Å². The number of unbranched alkanes of at least 4 members (excludes halogenated alkanes) is 2. The number of nitrogen functional groups attached to an aromatic ring is 1. The van der Waals surface area contributed by atoms with Crippen molar-refractivity contribution >= 4 is 17.8 Å². The largest absolute Gasteiger partial charge is 0.494 e. The highest BCUT2D eigenvalue weighted by atomic mass is 16.5. The number of nitrogens with two attached hydrogens (primary N) is 1. The molecule has 0 saturated heterocycles. The van der Waals surface area contributed by atoms with Gasteiger partial charge in [-0.1, -0.05) is 25.8 Å². The van der Waals surface area contributed by atoms with Gasteiger partial charge in [0.25, 0.3) is 5.91 Å². The Morgan fingerprint density at radius 1 is 1.21 bits per heavy atom. The lowest BCUT2D eigenvalue weighted by molar-refractivity contribution is 0.0955. The minimum Gasteiger partial charge on any atom is -0.494 e. The van der Waals surface area contributed by atoms with Crippen LogP contribution in [0.5, 0.6) is 5.75 Å². The first-order chi connectivity index (χ1) is 11.7. The molecule has 0 atom stereocenters. The Labute approximate surface area is 142 Å². The molecule has 0 aliphatic rings. The zero-order valence-corrected chi connectivity index (χ0v) is 13.9. The number of carbonyl (C=O) groups is 1. The average Bonchev–Trinajstić information content (AvgIpc) is 2.60. The second-order valence-electron chi connectivity index (χ2n) is 5.45. The van der Waals surface area contributed by atoms with Crippen LogP contribution in [-0.2, 0) is 0 Å². The number of hydrazone groups is 1. The third kappa shape index (κ3) is 5.76. The van der Waals surface area contributed by atoms with Crippen molar-refractivity contribution in [3.8, 4) is 5.75 Å². The van der Waals surface area contributed by atoms with E-state index in [9.17, 15) is 4.79 Å². The number of anilines is 1. The molecular formula is C19H23N3O2. The molecule has 3 N–H and O–H groups in total. The predicted molar refractivity (Wildman–Crippen MR) is 97.4 cm³/mol. The summed E-state index contributed by atoms with van der Waals surface area (Å²) < 4.78 is 5.65. The van der Waals surface area contributed by atoms with Crippen LogP contribution in [-0.4, -0.2) is 18.7 Å². The van der Waals surface area contributed by atoms with Crippen molar-refractivity contribution in [1.82, 2.24) is 5.43 Å². The van der Waals surface area contributed by atoms with E-state index in [2.05, 4.69) is 17.5 Å². The molecule has 0 spiro atoms. The Morgan fingerprint density at radius 2 is 2.00 bits per heavy atom. The Hall–Kier alpha value is -2.82. The summed E-state index contributed by atoms with van der Waals surface area (Å²) in [6.45, 7) is 2.90. The average molecular weight is 325 g/mol. The van der Waals surface area contributed by atoms with E-state index in [4.69, 9.17) is 10.5 Å². The minimum atomic E-state index is -0.297. The number of hydrogen-bond acceptors (Lipinski definition) is 4. The normalized spacial score (nSPS) is 10.7. The highest BCUT2D eigenvalue weighted by Crippen LogP contribution is 2.12. The van der Waals surface area contributed by atoms with Crippen molar-refractivity contribution < 1.29 is 9.53 Å². The number of ether oxygens (including phenoxy) is 1. The maximum Gasteiger partial charge on any atom is 0.271 e. The molecule has 0 saturated carbocycles. The van der Waals surface area contributed by atoms with Crippen molar-refractivity contribution in [2.75, 3.05) is 12.3 Å². The molecule has 126 valence electrons. The lowest BCUT2D eigenvalue weighted by atomic mass is 10.2. The lowest BCUT2D eigenvalue weighted by Gasteiger charge is -2.05. The number of benzene rings is 2. The molecule has 24 heavy (non-hydrogen) atoms. The predicted octanol–water partition coefficient (Wildman–Crippen LogP) is 3.60. The van der Waals surface area contributed by atoms with Gasteiger partial charge in [0.1, 0.15) is 5.75 Å². The quantitative estimate of drug-likeness (QED) is 0.337. The first kappa shape index (κ1) is 17.5. The van der Waals surface area contributed by atoms with Crippen LogP contribution in [0.15, 0.2) is 53.6 Å². The van der Waals surface area contributed by atoms with E-state index in [1.165, 1.54) is 12.8 Å². The van der Waals surface area contributed by atoms with Gasteiger partial charge in [-0.15, -0.1) is 0 Å². The van der Waals surface area contributed by atoms with Gasteiger partial charge >= 0.3 is 0 Å². The number of amides is 1. The van der Waals surface area contributed by atoms with Gasteiger partial charge in [-0.2, -0.15) is 5.10 Å². The molecule has 2 aromatic carbocycles. The van der Waals surface area contributed by atoms with E-state index in [1.807, 2.05) is 24.3 Å². The van der Waals surface area contributed by atoms with Crippen molar-refractivity contribution in [3.05, 3.63) is 59.7 Å². The third-order valence-electron chi connectivity index (χ3n) is 3.43. The van der Waals surface area contributed by atoms with Crippen LogP contribution in [0.25, 0.3) is 0 Å². The topological polar surface area (TPSA) is 76.7 Å². The van der Waals surface area contributed by atoms with Crippen LogP contribution < -0.4 is 15.9 Å². The summed E-state index contributed by atoms with van der Waals surface area (Å²) in [6, 6.07) is 14.3. The zero-order valence-electron chi connectivity index (χ0n) is 13.9. The standard InChI is InChI=1S/C19H23N3O2/c1-2-3-4-12-24-18-10-8-15(9-11-18)14-21-22-19(23)16-6-5-7-17(20)13-16/h5-11,13-14H,2-4,12,20H2,1H3,(H,22,23)/b21-14-. The van der Waals surface area contributed by atoms with Gasteiger partial charge in [-0.25, -0.2) is 5.43 Å². The zero-order chi connectivity index (χ0) is 17.2. The van der Waals surface area contributed by atoms with E-state index in [0.29, 0.717) is 11.3 Å². The highest BCUT2D eigenvalue weighted by molar-refractivity contribution is 5.95. The molecule has 5 nitrogen and oxygen atoms in total. The minimum absolute atomic E-state index is 0.297. The number of nitrogens with one attached hydrogen (secondary N) is 1. The van der Waals surface area contributed by atoms with Gasteiger partial charge in [-0.3, -0.25) is 4.79 Å². The summed E-state index contributed by atoms with van der Waals surface area (Å²) in [5.41, 5.74) is 10.0. The molecule has 1 amide bonds. The molecule has 0 heterocycles. The molecule has 0 aliphatic carbocycles. The molecule has 0 unspecified atom stereocenters. The van der Waals surface area contributed by atoms with Gasteiger partial charge in [0.05, 0.1) is 12.8 Å². The maximum atomic E-state index is 11.9. The van der Waals surface area contributed by atoms with Gasteiger partial charge in [-0.05, 0) is 54.4 Å². The molecular weight excluding hydrogens is 302 g/mol. The number of hydrogen-bond donors (Lipinski definition) is 2. The van der Waals surface area contributed by atoms with Crippen LogP contribution in [0, 0.1) is 0 Å². The van der Waals surface area contributed by atoms with Crippen LogP contribution in [0.4, 0.5) is 5.69 Å². The Balaban J connectivity index is 1.82. The third-order valence-corrected chi connectivity index (χ3v) is 3.43. The highest BCUT2D eigenvalue weighted by Gasteiger charge is 2.03. The molecule has 0 aliphatic heterocycles. The maximum absolute atomic E-state index is 11.9. The van der Waals surface area contributed by atoms with Gasteiger partial charge < -0.3 is 10.5 Å². The molecule has 0 aromatic heterocycles. The molecule has 2 rings (SSSR count). The first-order valence-corrected chi connectivity index (χ1v) is 8.11. The fraction of sp³-hybridized carbons (Fsp3) is 0.263. The molecule has 2 aromatic rings. The molecule has 0 radical (unpaired) electrons. The van der Waals surface area contributed by atoms with E-state index in [0.717, 1.165) is 24.3 Å². The summed E-state index contributed by atoms with van der Waals surface area (Å²) in [5.74, 6) is 0.543. The first-order valence-electron chi connectivity index (χ1n) is 8.11. The fourth-order valence-corrected chi connectivity index (χ4v) is 2.10. The summed E-state index contributed by atoms with van der Waals surface area (Å²) in [7, 11) is 0. The van der Waals surface area contributed by atoms with Crippen molar-refractivity contribution in [1.29, 1.82) is 0 Å². The van der Waals surface area contributed by atoms with E-state index < -0.39 is 0 Å². The molecule has 0 bridgehead atoms. The van der Waals surface area contributed by atoms with Crippen LogP contribution in [0.2, 0.25) is 0 Å². The summed E-state index contributed by atoms with van der Waals surface area (Å²) in [5, 5.41) is 3.96. The van der Waals surface area contributed by atoms with Crippen LogP contribution in [0.3, 0.4) is 0 Å². The SMILES string of the molecule is CCCCCOc1ccc(/C=N\NC(=O)c2cccc(N)c2)cc1. The number of rotatable bonds is 8. The van der Waals surface area contributed by atoms with Crippen LogP contribution >= 0.6 is 0 Å². The van der Waals surface area contributed by atoms with Crippen molar-refractivity contribution in [2.45, 2.75) is 26.2 Å². The lowest BCUT2D eigenvalue weighted by Crippen LogP contribution is -2.17. The Morgan fingerprint density at radius 3 is 2.71 bits per heavy atom. The van der Waals surface area contributed by atoms with E-state index in [-0.39, 0.29) is 5.91 Å². The summed E-state index contributed by atoms with van der Waals surface area (Å²) in [4.78, 5) is 11.9. The molecule has 5 heteroatoms. The van der Waals surface area contributed by atoms with Crippen molar-refractivity contribution in [2.24, 2.45) is 5.10 Å². The number of nitrogens with zero attached hydrogens (tertiary/aromatic N) is 1. The fourth-order valence-electron chi connectivity index (χ4n) is 2.10. The van der Waals surface area contributed by atoms with E-state index >= 15 is 0 Å². The second kappa shape index (κ2) is 9.35. The summed E-state index contributed by atoms with van der Waals surface area (Å²) >= 11 is 0. The smallest absolute Gasteiger partial charge is 0.271 e. The molecule has 0 fully saturated rings. The van der Waals surface area contributed by atoms with Crippen molar-refractivity contribution in [3.63, 3.8) is 0 Å². The number of carbonyl (C=O) groups excluding carboxylic acids is 1.